The summed E-state index contributed by atoms with van der Waals surface area (Å²) in [4.78, 5) is 12.4. The van der Waals surface area contributed by atoms with Crippen LogP contribution in [-0.4, -0.2) is 32.3 Å². The van der Waals surface area contributed by atoms with Gasteiger partial charge in [0.2, 0.25) is 0 Å². The van der Waals surface area contributed by atoms with Crippen molar-refractivity contribution in [2.45, 2.75) is 11.8 Å². The molecule has 0 saturated heterocycles. The summed E-state index contributed by atoms with van der Waals surface area (Å²) in [6.07, 6.45) is 1.31. The fourth-order valence-corrected chi connectivity index (χ4v) is 5.01. The maximum Gasteiger partial charge on any atom is 0.271 e. The molecule has 0 bridgehead atoms. The van der Waals surface area contributed by atoms with Gasteiger partial charge in [0.05, 0.1) is 22.2 Å². The number of anilines is 1. The number of benzene rings is 3. The lowest BCUT2D eigenvalue weighted by Crippen LogP contribution is -2.18. The van der Waals surface area contributed by atoms with Crippen LogP contribution in [0.2, 0.25) is 0 Å². The number of phenolic OH excluding ortho intramolecular Hbond substituents is 1. The van der Waals surface area contributed by atoms with Crippen molar-refractivity contribution in [1.29, 1.82) is 0 Å². The number of carbonyl (C=O) groups excluding carboxylic acids is 1. The minimum absolute atomic E-state index is 0.0136. The van der Waals surface area contributed by atoms with E-state index >= 15 is 0 Å². The second-order valence-corrected chi connectivity index (χ2v) is 10.1. The molecule has 0 aliphatic heterocycles. The molecule has 0 aliphatic rings. The van der Waals surface area contributed by atoms with Crippen LogP contribution in [0.1, 0.15) is 22.8 Å². The van der Waals surface area contributed by atoms with E-state index in [-0.39, 0.29) is 16.2 Å². The molecule has 3 rings (SSSR count). The van der Waals surface area contributed by atoms with Crippen LogP contribution in [0.25, 0.3) is 0 Å². The van der Waals surface area contributed by atoms with Crippen LogP contribution in [0, 0.1) is 0 Å². The van der Waals surface area contributed by atoms with Crippen LogP contribution in [-0.2, 0) is 10.0 Å². The van der Waals surface area contributed by atoms with Crippen LogP contribution < -0.4 is 14.9 Å². The van der Waals surface area contributed by atoms with Gasteiger partial charge >= 0.3 is 0 Å². The molecule has 0 spiro atoms. The molecule has 3 aromatic carbocycles. The van der Waals surface area contributed by atoms with Crippen LogP contribution >= 0.6 is 31.9 Å². The molecule has 0 radical (unpaired) electrons. The topological polar surface area (TPSA) is 117 Å². The van der Waals surface area contributed by atoms with Crippen LogP contribution in [0.4, 0.5) is 5.69 Å². The number of ether oxygens (including phenoxy) is 1. The summed E-state index contributed by atoms with van der Waals surface area (Å²) in [5, 5.41) is 13.9. The maximum absolute atomic E-state index is 12.6. The normalized spacial score (nSPS) is 11.4. The minimum atomic E-state index is -3.80. The molecule has 0 fully saturated rings. The third-order valence-corrected chi connectivity index (χ3v) is 6.73. The number of rotatable bonds is 8. The zero-order chi connectivity index (χ0) is 24.0. The van der Waals surface area contributed by atoms with Crippen molar-refractivity contribution in [1.82, 2.24) is 5.43 Å². The molecule has 11 heteroatoms. The van der Waals surface area contributed by atoms with Crippen LogP contribution in [0.3, 0.4) is 0 Å². The van der Waals surface area contributed by atoms with Crippen molar-refractivity contribution in [3.8, 4) is 11.5 Å². The Bertz CT molecular complexity index is 1280. The van der Waals surface area contributed by atoms with Crippen molar-refractivity contribution in [2.75, 3.05) is 11.3 Å². The van der Waals surface area contributed by atoms with Gasteiger partial charge in [0.1, 0.15) is 11.5 Å². The Balaban J connectivity index is 1.64. The maximum atomic E-state index is 12.6. The molecule has 8 nitrogen and oxygen atoms in total. The van der Waals surface area contributed by atoms with E-state index in [0.717, 1.165) is 4.47 Å². The smallest absolute Gasteiger partial charge is 0.271 e. The molecule has 1 amide bonds. The third-order valence-electron chi connectivity index (χ3n) is 4.27. The Morgan fingerprint density at radius 2 is 1.76 bits per heavy atom. The summed E-state index contributed by atoms with van der Waals surface area (Å²) in [6.45, 7) is 2.33. The summed E-state index contributed by atoms with van der Waals surface area (Å²) in [5.41, 5.74) is 3.33. The Hall–Kier alpha value is -2.89. The van der Waals surface area contributed by atoms with Gasteiger partial charge in [0, 0.05) is 21.3 Å². The van der Waals surface area contributed by atoms with E-state index in [9.17, 15) is 18.3 Å². The average molecular weight is 597 g/mol. The summed E-state index contributed by atoms with van der Waals surface area (Å²) >= 11 is 6.53. The number of nitrogens with zero attached hydrogens (tertiary/aromatic N) is 1. The average Bonchev–Trinajstić information content (AvgIpc) is 2.78. The van der Waals surface area contributed by atoms with Gasteiger partial charge in [-0.25, -0.2) is 13.8 Å². The zero-order valence-corrected chi connectivity index (χ0v) is 21.2. The Morgan fingerprint density at radius 1 is 1.09 bits per heavy atom. The lowest BCUT2D eigenvalue weighted by molar-refractivity contribution is 0.0955. The van der Waals surface area contributed by atoms with E-state index in [0.29, 0.717) is 28.1 Å². The standard InChI is InChI=1S/C22H19Br2N3O5S/c1-2-32-18-7-9-19(10-8-18)33(30,31)27-17-5-3-14(4-6-17)22(29)26-25-13-15-11-16(23)12-20(24)21(15)28/h3-13,27-28H,2H2,1H3,(H,26,29)/b25-13-. The highest BCUT2D eigenvalue weighted by atomic mass is 79.9. The molecule has 33 heavy (non-hydrogen) atoms. The van der Waals surface area contributed by atoms with Gasteiger partial charge in [-0.05, 0) is 83.5 Å². The Labute approximate surface area is 208 Å². The highest BCUT2D eigenvalue weighted by Gasteiger charge is 2.15. The lowest BCUT2D eigenvalue weighted by Gasteiger charge is -2.09. The number of halogens is 2. The van der Waals surface area contributed by atoms with Gasteiger partial charge in [0.25, 0.3) is 15.9 Å². The minimum Gasteiger partial charge on any atom is -0.506 e. The first-order valence-electron chi connectivity index (χ1n) is 9.57. The highest BCUT2D eigenvalue weighted by Crippen LogP contribution is 2.30. The molecule has 0 saturated carbocycles. The predicted octanol–water partition coefficient (Wildman–Crippen LogP) is 4.88. The quantitative estimate of drug-likeness (QED) is 0.253. The first-order chi connectivity index (χ1) is 15.7. The zero-order valence-electron chi connectivity index (χ0n) is 17.2. The SMILES string of the molecule is CCOc1ccc(S(=O)(=O)Nc2ccc(C(=O)N/N=C\c3cc(Br)cc(Br)c3O)cc2)cc1. The number of amides is 1. The first-order valence-corrected chi connectivity index (χ1v) is 12.6. The molecule has 3 aromatic rings. The monoisotopic (exact) mass is 595 g/mol. The van der Waals surface area contributed by atoms with Crippen molar-refractivity contribution in [3.05, 3.63) is 80.7 Å². The van der Waals surface area contributed by atoms with E-state index in [4.69, 9.17) is 4.74 Å². The third kappa shape index (κ3) is 6.56. The molecule has 0 heterocycles. The Kier molecular flexibility index (Phi) is 8.11. The van der Waals surface area contributed by atoms with Gasteiger partial charge in [0.15, 0.2) is 0 Å². The second kappa shape index (κ2) is 10.8. The number of hydrogen-bond acceptors (Lipinski definition) is 6. The molecule has 0 aliphatic carbocycles. The molecular formula is C22H19Br2N3O5S. The second-order valence-electron chi connectivity index (χ2n) is 6.61. The van der Waals surface area contributed by atoms with Gasteiger partial charge in [-0.2, -0.15) is 5.10 Å². The van der Waals surface area contributed by atoms with Crippen LogP contribution in [0.5, 0.6) is 11.5 Å². The molecule has 0 unspecified atom stereocenters. The van der Waals surface area contributed by atoms with Gasteiger partial charge in [-0.3, -0.25) is 9.52 Å². The number of carbonyl (C=O) groups is 1. The highest BCUT2D eigenvalue weighted by molar-refractivity contribution is 9.11. The predicted molar refractivity (Wildman–Crippen MR) is 133 cm³/mol. The number of phenols is 1. The largest absolute Gasteiger partial charge is 0.506 e. The first kappa shape index (κ1) is 24.7. The summed E-state index contributed by atoms with van der Waals surface area (Å²) in [6, 6.07) is 15.3. The molecule has 0 atom stereocenters. The number of aromatic hydroxyl groups is 1. The fraction of sp³-hybridized carbons (Fsp3) is 0.0909. The summed E-state index contributed by atoms with van der Waals surface area (Å²) in [5.74, 6) is 0.0679. The summed E-state index contributed by atoms with van der Waals surface area (Å²) in [7, 11) is -3.80. The Morgan fingerprint density at radius 3 is 2.39 bits per heavy atom. The van der Waals surface area contributed by atoms with Crippen molar-refractivity contribution in [3.63, 3.8) is 0 Å². The van der Waals surface area contributed by atoms with Gasteiger partial charge in [-0.15, -0.1) is 0 Å². The van der Waals surface area contributed by atoms with Crippen LogP contribution in [0.15, 0.2) is 79.6 Å². The summed E-state index contributed by atoms with van der Waals surface area (Å²) < 4.78 is 34.1. The van der Waals surface area contributed by atoms with Crippen molar-refractivity contribution < 1.29 is 23.1 Å². The van der Waals surface area contributed by atoms with Gasteiger partial charge < -0.3 is 9.84 Å². The van der Waals surface area contributed by atoms with E-state index in [1.165, 1.54) is 42.6 Å². The molecule has 3 N–H and O–H groups in total. The van der Waals surface area contributed by atoms with Crippen molar-refractivity contribution in [2.24, 2.45) is 5.10 Å². The number of hydrogen-bond donors (Lipinski definition) is 3. The van der Waals surface area contributed by atoms with Crippen molar-refractivity contribution >= 4 is 59.7 Å². The molecule has 172 valence electrons. The lowest BCUT2D eigenvalue weighted by atomic mass is 10.2. The number of hydrazone groups is 1. The number of nitrogens with one attached hydrogen (secondary N) is 2. The molecular weight excluding hydrogens is 578 g/mol. The van der Waals surface area contributed by atoms with E-state index < -0.39 is 15.9 Å². The van der Waals surface area contributed by atoms with E-state index in [1.807, 2.05) is 6.92 Å². The van der Waals surface area contributed by atoms with Gasteiger partial charge in [-0.1, -0.05) is 15.9 Å². The molecule has 0 aromatic heterocycles. The van der Waals surface area contributed by atoms with E-state index in [2.05, 4.69) is 47.1 Å². The number of sulfonamides is 1. The fourth-order valence-electron chi connectivity index (χ4n) is 2.69. The van der Waals surface area contributed by atoms with E-state index in [1.54, 1.807) is 24.3 Å².